The van der Waals surface area contributed by atoms with E-state index in [1.807, 2.05) is 29.2 Å². The van der Waals surface area contributed by atoms with Crippen LogP contribution < -0.4 is 10.2 Å². The van der Waals surface area contributed by atoms with Gasteiger partial charge >= 0.3 is 0 Å². The maximum atomic E-state index is 12.6. The molecule has 1 N–H and O–H groups in total. The highest BCUT2D eigenvalue weighted by molar-refractivity contribution is 5.94. The summed E-state index contributed by atoms with van der Waals surface area (Å²) in [5.41, 5.74) is 1.94. The molecular formula is C17H27N3O. The zero-order chi connectivity index (χ0) is 15.4. The van der Waals surface area contributed by atoms with Crippen molar-refractivity contribution in [1.82, 2.24) is 10.2 Å². The highest BCUT2D eigenvalue weighted by atomic mass is 16.2. The van der Waals surface area contributed by atoms with E-state index in [-0.39, 0.29) is 11.9 Å². The van der Waals surface area contributed by atoms with Crippen LogP contribution in [0.15, 0.2) is 24.3 Å². The summed E-state index contributed by atoms with van der Waals surface area (Å²) in [6.07, 6.45) is 0. The lowest BCUT2D eigenvalue weighted by Crippen LogP contribution is -2.52. The molecular weight excluding hydrogens is 262 g/mol. The smallest absolute Gasteiger partial charge is 0.254 e. The SMILES string of the molecule is CC(C)CN(C)c1ccc(C(=O)N2CCNC[C@H]2C)cc1. The lowest BCUT2D eigenvalue weighted by Gasteiger charge is -2.34. The number of benzene rings is 1. The first kappa shape index (κ1) is 15.8. The number of hydrogen-bond donors (Lipinski definition) is 1. The number of anilines is 1. The van der Waals surface area contributed by atoms with Gasteiger partial charge in [0, 0.05) is 50.5 Å². The lowest BCUT2D eigenvalue weighted by atomic mass is 10.1. The number of piperazine rings is 1. The minimum Gasteiger partial charge on any atom is -0.374 e. The Labute approximate surface area is 128 Å². The van der Waals surface area contributed by atoms with Gasteiger partial charge in [0.25, 0.3) is 5.91 Å². The highest BCUT2D eigenvalue weighted by Gasteiger charge is 2.23. The van der Waals surface area contributed by atoms with Gasteiger partial charge in [0.2, 0.25) is 0 Å². The van der Waals surface area contributed by atoms with Crippen LogP contribution in [0.3, 0.4) is 0 Å². The van der Waals surface area contributed by atoms with E-state index in [1.54, 1.807) is 0 Å². The molecule has 0 radical (unpaired) electrons. The van der Waals surface area contributed by atoms with Crippen molar-refractivity contribution >= 4 is 11.6 Å². The predicted octanol–water partition coefficient (Wildman–Crippen LogP) is 2.21. The zero-order valence-electron chi connectivity index (χ0n) is 13.6. The first-order valence-electron chi connectivity index (χ1n) is 7.82. The number of nitrogens with one attached hydrogen (secondary N) is 1. The third kappa shape index (κ3) is 3.97. The third-order valence-corrected chi connectivity index (χ3v) is 3.96. The van der Waals surface area contributed by atoms with Crippen LogP contribution in [-0.4, -0.2) is 50.1 Å². The summed E-state index contributed by atoms with van der Waals surface area (Å²) in [5, 5.41) is 3.31. The van der Waals surface area contributed by atoms with Gasteiger partial charge in [-0.3, -0.25) is 4.79 Å². The summed E-state index contributed by atoms with van der Waals surface area (Å²) in [6.45, 7) is 10.1. The molecule has 1 saturated heterocycles. The Morgan fingerprint density at radius 2 is 2.05 bits per heavy atom. The van der Waals surface area contributed by atoms with Gasteiger partial charge in [0.05, 0.1) is 0 Å². The van der Waals surface area contributed by atoms with Gasteiger partial charge in [-0.25, -0.2) is 0 Å². The van der Waals surface area contributed by atoms with E-state index in [1.165, 1.54) is 0 Å². The molecule has 1 aromatic carbocycles. The summed E-state index contributed by atoms with van der Waals surface area (Å²) < 4.78 is 0. The van der Waals surface area contributed by atoms with Crippen molar-refractivity contribution in [2.24, 2.45) is 5.92 Å². The number of amides is 1. The zero-order valence-corrected chi connectivity index (χ0v) is 13.6. The first-order valence-corrected chi connectivity index (χ1v) is 7.82. The van der Waals surface area contributed by atoms with E-state index in [0.29, 0.717) is 5.92 Å². The minimum absolute atomic E-state index is 0.141. The second kappa shape index (κ2) is 6.94. The summed E-state index contributed by atoms with van der Waals surface area (Å²) in [7, 11) is 2.09. The van der Waals surface area contributed by atoms with Gasteiger partial charge in [-0.15, -0.1) is 0 Å². The fraction of sp³-hybridized carbons (Fsp3) is 0.588. The quantitative estimate of drug-likeness (QED) is 0.923. The van der Waals surface area contributed by atoms with Crippen molar-refractivity contribution in [3.05, 3.63) is 29.8 Å². The van der Waals surface area contributed by atoms with Crippen LogP contribution in [-0.2, 0) is 0 Å². The molecule has 0 bridgehead atoms. The van der Waals surface area contributed by atoms with E-state index in [2.05, 4.69) is 38.0 Å². The van der Waals surface area contributed by atoms with E-state index in [9.17, 15) is 4.79 Å². The third-order valence-electron chi connectivity index (χ3n) is 3.96. The first-order chi connectivity index (χ1) is 9.99. The van der Waals surface area contributed by atoms with Gasteiger partial charge in [-0.2, -0.15) is 0 Å². The van der Waals surface area contributed by atoms with Crippen LogP contribution in [0, 0.1) is 5.92 Å². The molecule has 1 heterocycles. The Kier molecular flexibility index (Phi) is 5.23. The molecule has 1 atom stereocenters. The summed E-state index contributed by atoms with van der Waals surface area (Å²) in [4.78, 5) is 16.7. The van der Waals surface area contributed by atoms with Crippen LogP contribution in [0.2, 0.25) is 0 Å². The molecule has 0 aromatic heterocycles. The second-order valence-electron chi connectivity index (χ2n) is 6.37. The highest BCUT2D eigenvalue weighted by Crippen LogP contribution is 2.17. The van der Waals surface area contributed by atoms with Crippen molar-refractivity contribution in [1.29, 1.82) is 0 Å². The summed E-state index contributed by atoms with van der Waals surface area (Å²) in [5.74, 6) is 0.764. The average molecular weight is 289 g/mol. The minimum atomic E-state index is 0.141. The number of rotatable bonds is 4. The molecule has 1 amide bonds. The molecule has 2 rings (SSSR count). The van der Waals surface area contributed by atoms with Crippen LogP contribution in [0.25, 0.3) is 0 Å². The van der Waals surface area contributed by atoms with E-state index in [4.69, 9.17) is 0 Å². The Morgan fingerprint density at radius 3 is 2.62 bits per heavy atom. The molecule has 1 aromatic rings. The topological polar surface area (TPSA) is 35.6 Å². The van der Waals surface area contributed by atoms with Gasteiger partial charge in [-0.1, -0.05) is 13.8 Å². The Hall–Kier alpha value is -1.55. The molecule has 116 valence electrons. The molecule has 21 heavy (non-hydrogen) atoms. The number of carbonyl (C=O) groups excluding carboxylic acids is 1. The molecule has 1 aliphatic heterocycles. The van der Waals surface area contributed by atoms with Crippen LogP contribution in [0.5, 0.6) is 0 Å². The Morgan fingerprint density at radius 1 is 1.38 bits per heavy atom. The van der Waals surface area contributed by atoms with Crippen LogP contribution in [0.4, 0.5) is 5.69 Å². The number of hydrogen-bond acceptors (Lipinski definition) is 3. The van der Waals surface area contributed by atoms with E-state index in [0.717, 1.165) is 37.4 Å². The summed E-state index contributed by atoms with van der Waals surface area (Å²) in [6, 6.07) is 8.24. The normalized spacial score (nSPS) is 18.9. The molecule has 1 aliphatic rings. The van der Waals surface area contributed by atoms with Gasteiger partial charge in [-0.05, 0) is 37.1 Å². The molecule has 0 spiro atoms. The van der Waals surface area contributed by atoms with Crippen molar-refractivity contribution < 1.29 is 4.79 Å². The predicted molar refractivity (Wildman–Crippen MR) is 87.9 cm³/mol. The van der Waals surface area contributed by atoms with Crippen molar-refractivity contribution in [2.45, 2.75) is 26.8 Å². The van der Waals surface area contributed by atoms with Gasteiger partial charge in [0.15, 0.2) is 0 Å². The molecule has 0 unspecified atom stereocenters. The monoisotopic (exact) mass is 289 g/mol. The largest absolute Gasteiger partial charge is 0.374 e. The Balaban J connectivity index is 2.06. The maximum Gasteiger partial charge on any atom is 0.254 e. The number of nitrogens with zero attached hydrogens (tertiary/aromatic N) is 2. The fourth-order valence-electron chi connectivity index (χ4n) is 2.82. The lowest BCUT2D eigenvalue weighted by molar-refractivity contribution is 0.0656. The fourth-order valence-corrected chi connectivity index (χ4v) is 2.82. The standard InChI is InChI=1S/C17H27N3O/c1-13(2)12-19(4)16-7-5-15(6-8-16)17(21)20-10-9-18-11-14(20)3/h5-8,13-14,18H,9-12H2,1-4H3/t14-/m1/s1. The second-order valence-corrected chi connectivity index (χ2v) is 6.37. The Bertz CT molecular complexity index is 469. The van der Waals surface area contributed by atoms with Gasteiger partial charge in [0.1, 0.15) is 0 Å². The molecule has 0 aliphatic carbocycles. The van der Waals surface area contributed by atoms with E-state index >= 15 is 0 Å². The molecule has 0 saturated carbocycles. The average Bonchev–Trinajstić information content (AvgIpc) is 2.46. The van der Waals surface area contributed by atoms with Crippen molar-refractivity contribution in [3.8, 4) is 0 Å². The summed E-state index contributed by atoms with van der Waals surface area (Å²) >= 11 is 0. The molecule has 1 fully saturated rings. The van der Waals surface area contributed by atoms with Crippen LogP contribution in [0.1, 0.15) is 31.1 Å². The maximum absolute atomic E-state index is 12.6. The molecule has 4 nitrogen and oxygen atoms in total. The molecule has 4 heteroatoms. The van der Waals surface area contributed by atoms with Gasteiger partial charge < -0.3 is 15.1 Å². The van der Waals surface area contributed by atoms with Crippen molar-refractivity contribution in [3.63, 3.8) is 0 Å². The number of carbonyl (C=O) groups is 1. The van der Waals surface area contributed by atoms with E-state index < -0.39 is 0 Å². The van der Waals surface area contributed by atoms with Crippen molar-refractivity contribution in [2.75, 3.05) is 38.1 Å². The van der Waals surface area contributed by atoms with Crippen LogP contribution >= 0.6 is 0 Å².